The predicted molar refractivity (Wildman–Crippen MR) is 242 cm³/mol. The van der Waals surface area contributed by atoms with Gasteiger partial charge in [0.2, 0.25) is 0 Å². The molecule has 8 rings (SSSR count). The summed E-state index contributed by atoms with van der Waals surface area (Å²) in [7, 11) is 3.13. The van der Waals surface area contributed by atoms with E-state index < -0.39 is 33.6 Å². The smallest absolute Gasteiger partial charge is 0.341 e. The molecule has 4 aliphatic rings. The molecule has 4 atom stereocenters. The lowest BCUT2D eigenvalue weighted by molar-refractivity contribution is 0.0683. The second-order valence-electron chi connectivity index (χ2n) is 20.9. The van der Waals surface area contributed by atoms with Crippen LogP contribution < -0.4 is 29.8 Å². The van der Waals surface area contributed by atoms with E-state index in [1.165, 1.54) is 24.5 Å². The number of hydrogen-bond donors (Lipinski definition) is 4. The lowest BCUT2D eigenvalue weighted by Gasteiger charge is -2.40. The van der Waals surface area contributed by atoms with E-state index in [0.717, 1.165) is 47.9 Å². The van der Waals surface area contributed by atoms with Gasteiger partial charge in [-0.3, -0.25) is 9.59 Å². The molecule has 0 radical (unpaired) electrons. The zero-order valence-corrected chi connectivity index (χ0v) is 38.5. The van der Waals surface area contributed by atoms with Crippen LogP contribution in [0.4, 0.5) is 0 Å². The van der Waals surface area contributed by atoms with Crippen molar-refractivity contribution in [3.8, 4) is 45.5 Å². The number of aliphatic hydroxyl groups excluding tert-OH is 2. The Bertz CT molecular complexity index is 2440. The number of ether oxygens (including phenoxy) is 4. The molecule has 2 fully saturated rings. The lowest BCUT2D eigenvalue weighted by atomic mass is 9.77. The Kier molecular flexibility index (Phi) is 12.1. The predicted octanol–water partition coefficient (Wildman–Crippen LogP) is 8.16. The SMILES string of the molecule is COc1cc2c(cc1OCC(C)(C)CO)[C@@H]1CCC(C)(C)[C@@H]1n1cc(C(=O)O)c(=O)cc1-2.COc1cc2c(cc1OCC(C)(C)CO)[C@H]1CCC(C)(C)[C@H]1n1cc(C(=O)O)c(=O)cc1-2. The summed E-state index contributed by atoms with van der Waals surface area (Å²) in [5.74, 6) is 0.187. The van der Waals surface area contributed by atoms with E-state index in [9.17, 15) is 39.6 Å². The van der Waals surface area contributed by atoms with E-state index in [1.807, 2.05) is 61.1 Å². The number of rotatable bonds is 12. The summed E-state index contributed by atoms with van der Waals surface area (Å²) < 4.78 is 27.3. The van der Waals surface area contributed by atoms with Crippen LogP contribution in [0.2, 0.25) is 0 Å². The minimum Gasteiger partial charge on any atom is -0.493 e. The van der Waals surface area contributed by atoms with Crippen LogP contribution in [0.3, 0.4) is 0 Å². The number of hydrogen-bond acceptors (Lipinski definition) is 10. The summed E-state index contributed by atoms with van der Waals surface area (Å²) >= 11 is 0. The van der Waals surface area contributed by atoms with Crippen molar-refractivity contribution in [2.45, 2.75) is 105 Å². The number of carboxylic acids is 2. The van der Waals surface area contributed by atoms with E-state index in [0.29, 0.717) is 47.6 Å². The molecule has 2 aromatic carbocycles. The number of carbonyl (C=O) groups is 2. The quantitative estimate of drug-likeness (QED) is 0.107. The van der Waals surface area contributed by atoms with Crippen molar-refractivity contribution < 1.29 is 49.0 Å². The van der Waals surface area contributed by atoms with Crippen LogP contribution in [0, 0.1) is 21.7 Å². The van der Waals surface area contributed by atoms with Crippen molar-refractivity contribution in [2.24, 2.45) is 21.7 Å². The maximum absolute atomic E-state index is 12.6. The number of fused-ring (bicyclic) bond motifs is 12. The Balaban J connectivity index is 0.000000191. The molecule has 0 spiro atoms. The number of methoxy groups -OCH3 is 2. The summed E-state index contributed by atoms with van der Waals surface area (Å²) in [6.07, 6.45) is 6.88. The summed E-state index contributed by atoms with van der Waals surface area (Å²) in [4.78, 5) is 48.5. The van der Waals surface area contributed by atoms with Gasteiger partial charge in [0, 0.05) is 70.4 Å². The third kappa shape index (κ3) is 8.30. The van der Waals surface area contributed by atoms with Crippen LogP contribution in [0.1, 0.15) is 137 Å². The highest BCUT2D eigenvalue weighted by atomic mass is 16.5. The monoisotopic (exact) mass is 882 g/mol. The average Bonchev–Trinajstić information content (AvgIpc) is 3.75. The zero-order chi connectivity index (χ0) is 46.8. The molecule has 2 aliphatic heterocycles. The van der Waals surface area contributed by atoms with Crippen molar-refractivity contribution in [2.75, 3.05) is 40.6 Å². The molecule has 344 valence electrons. The van der Waals surface area contributed by atoms with Crippen LogP contribution in [0.5, 0.6) is 23.0 Å². The zero-order valence-electron chi connectivity index (χ0n) is 38.5. The van der Waals surface area contributed by atoms with E-state index in [-0.39, 0.29) is 59.1 Å². The van der Waals surface area contributed by atoms with Gasteiger partial charge >= 0.3 is 11.9 Å². The van der Waals surface area contributed by atoms with Crippen molar-refractivity contribution >= 4 is 11.9 Å². The molecule has 0 unspecified atom stereocenters. The Labute approximate surface area is 373 Å². The normalized spacial score (nSPS) is 20.8. The van der Waals surface area contributed by atoms with Gasteiger partial charge in [-0.25, -0.2) is 9.59 Å². The minimum absolute atomic E-state index is 0.00134. The largest absolute Gasteiger partial charge is 0.493 e. The first-order valence-electron chi connectivity index (χ1n) is 21.9. The van der Waals surface area contributed by atoms with Crippen molar-refractivity contribution in [1.29, 1.82) is 0 Å². The Hall–Kier alpha value is -5.60. The average molecular weight is 883 g/mol. The maximum Gasteiger partial charge on any atom is 0.341 e. The summed E-state index contributed by atoms with van der Waals surface area (Å²) in [5.41, 5.74) is 2.93. The number of carboxylic acid groups (broad SMARTS) is 2. The second kappa shape index (κ2) is 16.8. The van der Waals surface area contributed by atoms with Gasteiger partial charge < -0.3 is 48.5 Å². The number of aromatic carboxylic acids is 2. The number of pyridine rings is 2. The van der Waals surface area contributed by atoms with Crippen LogP contribution in [-0.4, -0.2) is 82.1 Å². The first-order valence-corrected chi connectivity index (χ1v) is 21.9. The van der Waals surface area contributed by atoms with Crippen LogP contribution in [0.15, 0.2) is 58.4 Å². The highest BCUT2D eigenvalue weighted by Gasteiger charge is 2.49. The molecule has 14 nitrogen and oxygen atoms in total. The number of benzene rings is 2. The van der Waals surface area contributed by atoms with Crippen LogP contribution in [0.25, 0.3) is 22.5 Å². The molecule has 2 aromatic heterocycles. The van der Waals surface area contributed by atoms with Gasteiger partial charge in [0.05, 0.1) is 52.0 Å². The molecular weight excluding hydrogens is 821 g/mol. The van der Waals surface area contributed by atoms with Gasteiger partial charge in [-0.15, -0.1) is 0 Å². The van der Waals surface area contributed by atoms with Crippen LogP contribution in [-0.2, 0) is 0 Å². The Morgan fingerprint density at radius 1 is 0.625 bits per heavy atom. The highest BCUT2D eigenvalue weighted by molar-refractivity contribution is 5.88. The van der Waals surface area contributed by atoms with Crippen molar-refractivity contribution in [3.63, 3.8) is 0 Å². The molecule has 0 amide bonds. The topological polar surface area (TPSA) is 196 Å². The first-order chi connectivity index (χ1) is 30.0. The molecular formula is C50H62N2O12. The molecule has 4 aromatic rings. The molecule has 0 saturated heterocycles. The van der Waals surface area contributed by atoms with E-state index in [1.54, 1.807) is 14.2 Å². The van der Waals surface area contributed by atoms with Gasteiger partial charge in [-0.05, 0) is 71.9 Å². The molecule has 4 N–H and O–H groups in total. The van der Waals surface area contributed by atoms with E-state index >= 15 is 0 Å². The van der Waals surface area contributed by atoms with E-state index in [4.69, 9.17) is 18.9 Å². The van der Waals surface area contributed by atoms with Crippen molar-refractivity contribution in [3.05, 3.63) is 91.5 Å². The van der Waals surface area contributed by atoms with E-state index in [2.05, 4.69) is 27.7 Å². The number of aromatic nitrogens is 2. The maximum atomic E-state index is 12.6. The van der Waals surface area contributed by atoms with Gasteiger partial charge in [-0.2, -0.15) is 0 Å². The third-order valence-electron chi connectivity index (χ3n) is 13.9. The number of nitrogens with zero attached hydrogens (tertiary/aromatic N) is 2. The first kappa shape index (κ1) is 46.4. The fourth-order valence-corrected chi connectivity index (χ4v) is 10.3. The summed E-state index contributed by atoms with van der Waals surface area (Å²) in [5, 5.41) is 38.2. The molecule has 4 heterocycles. The summed E-state index contributed by atoms with van der Waals surface area (Å²) in [6, 6.07) is 10.7. The lowest BCUT2D eigenvalue weighted by Crippen LogP contribution is -2.32. The van der Waals surface area contributed by atoms with Gasteiger partial charge in [0.1, 0.15) is 11.1 Å². The Morgan fingerprint density at radius 2 is 0.984 bits per heavy atom. The van der Waals surface area contributed by atoms with Crippen molar-refractivity contribution in [1.82, 2.24) is 9.13 Å². The van der Waals surface area contributed by atoms with Crippen LogP contribution >= 0.6 is 0 Å². The molecule has 0 bridgehead atoms. The Morgan fingerprint density at radius 3 is 1.30 bits per heavy atom. The molecule has 2 saturated carbocycles. The van der Waals surface area contributed by atoms with Gasteiger partial charge in [0.15, 0.2) is 33.9 Å². The molecule has 2 aliphatic carbocycles. The minimum atomic E-state index is -1.21. The van der Waals surface area contributed by atoms with Gasteiger partial charge in [0.25, 0.3) is 0 Å². The molecule has 64 heavy (non-hydrogen) atoms. The fraction of sp³-hybridized carbons (Fsp3) is 0.520. The second-order valence-corrected chi connectivity index (χ2v) is 20.9. The third-order valence-corrected chi connectivity index (χ3v) is 13.9. The van der Waals surface area contributed by atoms with Gasteiger partial charge in [-0.1, -0.05) is 55.4 Å². The standard InChI is InChI=1S/2C25H31NO6/c2*1-24(2,12-27)13-32-21-8-15-14-6-7-25(3,4)22(14)26-11-17(23(29)30)19(28)10-18(26)16(15)9-20(21)31-5/h2*8-11,14,22,27H,6-7,12-13H2,1-5H3,(H,29,30)/t2*14-,22+/m10/s1. The summed E-state index contributed by atoms with van der Waals surface area (Å²) in [6.45, 7) is 17.1. The molecule has 14 heteroatoms. The fourth-order valence-electron chi connectivity index (χ4n) is 10.3. The highest BCUT2D eigenvalue weighted by Crippen LogP contribution is 2.61. The number of aliphatic hydroxyl groups is 2.